The van der Waals surface area contributed by atoms with Crippen LogP contribution in [-0.2, 0) is 9.59 Å². The summed E-state index contributed by atoms with van der Waals surface area (Å²) in [5.74, 6) is 1.81. The summed E-state index contributed by atoms with van der Waals surface area (Å²) in [6.07, 6.45) is 6.74. The van der Waals surface area contributed by atoms with Gasteiger partial charge in [0.15, 0.2) is 0 Å². The molecule has 3 rings (SSSR count). The van der Waals surface area contributed by atoms with Crippen LogP contribution in [0.3, 0.4) is 0 Å². The van der Waals surface area contributed by atoms with E-state index in [-0.39, 0.29) is 36.6 Å². The Labute approximate surface area is 191 Å². The molecule has 1 aromatic heterocycles. The number of amides is 2. The van der Waals surface area contributed by atoms with Gasteiger partial charge in [-0.25, -0.2) is 9.97 Å². The van der Waals surface area contributed by atoms with Crippen LogP contribution in [0.5, 0.6) is 0 Å². The molecule has 0 saturated carbocycles. The zero-order valence-corrected chi connectivity index (χ0v) is 19.2. The first-order chi connectivity index (χ1) is 13.6. The smallest absolute Gasteiger partial charge is 0.225 e. The van der Waals surface area contributed by atoms with E-state index in [0.29, 0.717) is 50.3 Å². The monoisotopic (exact) mass is 460 g/mol. The molecule has 0 aliphatic carbocycles. The van der Waals surface area contributed by atoms with Gasteiger partial charge in [0, 0.05) is 58.0 Å². The number of carbonyl (C=O) groups excluding carboxylic acids is 2. The van der Waals surface area contributed by atoms with Crippen LogP contribution in [0.25, 0.3) is 0 Å². The minimum Gasteiger partial charge on any atom is -0.356 e. The average Bonchev–Trinajstić information content (AvgIpc) is 2.75. The first-order valence-electron chi connectivity index (χ1n) is 10.4. The molecular weight excluding hydrogens is 427 g/mol. The molecule has 30 heavy (non-hydrogen) atoms. The molecule has 1 aromatic rings. The van der Waals surface area contributed by atoms with Crippen molar-refractivity contribution < 1.29 is 9.59 Å². The molecular formula is C20H34Cl2N6O2. The highest BCUT2D eigenvalue weighted by Gasteiger charge is 2.23. The molecule has 2 atom stereocenters. The standard InChI is InChI=1S/C20H32N6O2.2ClH/c1-16(17-4-2-6-21-15-17)14-18(27)22-9-5-19(28)25-10-12-26(13-11-25)20-23-7-3-8-24-20;;/h3,7-8,16-17,21H,2,4-6,9-15H2,1H3,(H,22,27);2*1H. The van der Waals surface area contributed by atoms with Crippen molar-refractivity contribution in [2.24, 2.45) is 11.8 Å². The second kappa shape index (κ2) is 13.6. The maximum atomic E-state index is 12.4. The number of carbonyl (C=O) groups is 2. The van der Waals surface area contributed by atoms with Gasteiger partial charge in [-0.05, 0) is 43.8 Å². The maximum absolute atomic E-state index is 12.4. The van der Waals surface area contributed by atoms with Crippen LogP contribution in [0, 0.1) is 11.8 Å². The maximum Gasteiger partial charge on any atom is 0.225 e. The number of aromatic nitrogens is 2. The molecule has 10 heteroatoms. The SMILES string of the molecule is CC(CC(=O)NCCC(=O)N1CCN(c2ncccn2)CC1)C1CCCNC1.Cl.Cl. The Kier molecular flexibility index (Phi) is 12.0. The lowest BCUT2D eigenvalue weighted by Crippen LogP contribution is -2.49. The first-order valence-corrected chi connectivity index (χ1v) is 10.4. The number of nitrogens with one attached hydrogen (secondary N) is 2. The van der Waals surface area contributed by atoms with Crippen molar-refractivity contribution >= 4 is 42.6 Å². The summed E-state index contributed by atoms with van der Waals surface area (Å²) < 4.78 is 0. The summed E-state index contributed by atoms with van der Waals surface area (Å²) in [6.45, 7) is 7.45. The second-order valence-electron chi connectivity index (χ2n) is 7.80. The van der Waals surface area contributed by atoms with E-state index in [1.807, 2.05) is 4.90 Å². The van der Waals surface area contributed by atoms with Gasteiger partial charge in [-0.2, -0.15) is 0 Å². The topological polar surface area (TPSA) is 90.5 Å². The molecule has 2 amide bonds. The van der Waals surface area contributed by atoms with Crippen molar-refractivity contribution in [2.45, 2.75) is 32.6 Å². The third-order valence-corrected chi connectivity index (χ3v) is 5.78. The lowest BCUT2D eigenvalue weighted by atomic mass is 9.85. The Morgan fingerprint density at radius 2 is 1.90 bits per heavy atom. The number of piperazine rings is 1. The van der Waals surface area contributed by atoms with Crippen LogP contribution < -0.4 is 15.5 Å². The fourth-order valence-corrected chi connectivity index (χ4v) is 3.97. The summed E-state index contributed by atoms with van der Waals surface area (Å²) >= 11 is 0. The highest BCUT2D eigenvalue weighted by molar-refractivity contribution is 5.85. The predicted octanol–water partition coefficient (Wildman–Crippen LogP) is 1.50. The molecule has 2 aliphatic rings. The zero-order chi connectivity index (χ0) is 19.8. The van der Waals surface area contributed by atoms with Gasteiger partial charge in [0.25, 0.3) is 0 Å². The van der Waals surface area contributed by atoms with Crippen molar-refractivity contribution in [1.29, 1.82) is 0 Å². The Morgan fingerprint density at radius 3 is 2.53 bits per heavy atom. The van der Waals surface area contributed by atoms with Crippen LogP contribution in [-0.4, -0.2) is 72.5 Å². The van der Waals surface area contributed by atoms with Crippen molar-refractivity contribution in [2.75, 3.05) is 50.7 Å². The van der Waals surface area contributed by atoms with E-state index in [9.17, 15) is 9.59 Å². The number of anilines is 1. The van der Waals surface area contributed by atoms with Gasteiger partial charge < -0.3 is 20.4 Å². The zero-order valence-electron chi connectivity index (χ0n) is 17.6. The first kappa shape index (κ1) is 26.4. The molecule has 2 aliphatic heterocycles. The summed E-state index contributed by atoms with van der Waals surface area (Å²) in [7, 11) is 0. The van der Waals surface area contributed by atoms with E-state index in [1.165, 1.54) is 12.8 Å². The van der Waals surface area contributed by atoms with Crippen LogP contribution in [0.15, 0.2) is 18.5 Å². The molecule has 0 radical (unpaired) electrons. The molecule has 2 N–H and O–H groups in total. The second-order valence-corrected chi connectivity index (χ2v) is 7.80. The van der Waals surface area contributed by atoms with Gasteiger partial charge in [-0.15, -0.1) is 24.8 Å². The minimum absolute atomic E-state index is 0. The van der Waals surface area contributed by atoms with Gasteiger partial charge in [0.2, 0.25) is 17.8 Å². The lowest BCUT2D eigenvalue weighted by molar-refractivity contribution is -0.131. The number of hydrogen-bond donors (Lipinski definition) is 2. The molecule has 3 heterocycles. The quantitative estimate of drug-likeness (QED) is 0.640. The molecule has 0 bridgehead atoms. The van der Waals surface area contributed by atoms with Gasteiger partial charge in [-0.3, -0.25) is 9.59 Å². The van der Waals surface area contributed by atoms with Gasteiger partial charge in [-0.1, -0.05) is 6.92 Å². The van der Waals surface area contributed by atoms with Crippen LogP contribution in [0.4, 0.5) is 5.95 Å². The van der Waals surface area contributed by atoms with E-state index < -0.39 is 0 Å². The Bertz CT molecular complexity index is 637. The molecule has 0 spiro atoms. The van der Waals surface area contributed by atoms with Gasteiger partial charge >= 0.3 is 0 Å². The molecule has 2 fully saturated rings. The Morgan fingerprint density at radius 1 is 1.20 bits per heavy atom. The summed E-state index contributed by atoms with van der Waals surface area (Å²) in [4.78, 5) is 37.1. The van der Waals surface area contributed by atoms with Crippen LogP contribution >= 0.6 is 24.8 Å². The van der Waals surface area contributed by atoms with Gasteiger partial charge in [0.1, 0.15) is 0 Å². The van der Waals surface area contributed by atoms with E-state index in [1.54, 1.807) is 18.5 Å². The largest absolute Gasteiger partial charge is 0.356 e. The number of hydrogen-bond acceptors (Lipinski definition) is 6. The Balaban J connectivity index is 0.00000225. The van der Waals surface area contributed by atoms with Gasteiger partial charge in [0.05, 0.1) is 0 Å². The molecule has 2 unspecified atom stereocenters. The highest BCUT2D eigenvalue weighted by atomic mass is 35.5. The van der Waals surface area contributed by atoms with Crippen molar-refractivity contribution in [3.63, 3.8) is 0 Å². The van der Waals surface area contributed by atoms with Crippen LogP contribution in [0.2, 0.25) is 0 Å². The fraction of sp³-hybridized carbons (Fsp3) is 0.700. The third kappa shape index (κ3) is 7.89. The minimum atomic E-state index is 0. The molecule has 2 saturated heterocycles. The Hall–Kier alpha value is -1.64. The van der Waals surface area contributed by atoms with Crippen molar-refractivity contribution in [3.8, 4) is 0 Å². The lowest BCUT2D eigenvalue weighted by Gasteiger charge is -2.34. The summed E-state index contributed by atoms with van der Waals surface area (Å²) in [5.41, 5.74) is 0. The van der Waals surface area contributed by atoms with E-state index in [0.717, 1.165) is 26.2 Å². The third-order valence-electron chi connectivity index (χ3n) is 5.78. The summed E-state index contributed by atoms with van der Waals surface area (Å²) in [5, 5.41) is 6.32. The average molecular weight is 461 g/mol. The van der Waals surface area contributed by atoms with Crippen molar-refractivity contribution in [3.05, 3.63) is 18.5 Å². The summed E-state index contributed by atoms with van der Waals surface area (Å²) in [6, 6.07) is 1.80. The number of halogens is 2. The van der Waals surface area contributed by atoms with E-state index in [2.05, 4.69) is 32.4 Å². The fourth-order valence-electron chi connectivity index (χ4n) is 3.97. The number of piperidine rings is 1. The van der Waals surface area contributed by atoms with E-state index in [4.69, 9.17) is 0 Å². The molecule has 170 valence electrons. The highest BCUT2D eigenvalue weighted by Crippen LogP contribution is 2.22. The normalized spacial score (nSPS) is 19.8. The number of nitrogens with zero attached hydrogens (tertiary/aromatic N) is 4. The van der Waals surface area contributed by atoms with E-state index >= 15 is 0 Å². The predicted molar refractivity (Wildman–Crippen MR) is 122 cm³/mol. The molecule has 8 nitrogen and oxygen atoms in total. The molecule has 0 aromatic carbocycles. The van der Waals surface area contributed by atoms with Crippen LogP contribution in [0.1, 0.15) is 32.6 Å². The number of rotatable bonds is 7. The van der Waals surface area contributed by atoms with Crippen molar-refractivity contribution in [1.82, 2.24) is 25.5 Å².